The molecule has 120 valence electrons. The van der Waals surface area contributed by atoms with E-state index >= 15 is 0 Å². The van der Waals surface area contributed by atoms with Crippen molar-refractivity contribution in [2.75, 3.05) is 39.0 Å². The van der Waals surface area contributed by atoms with Crippen LogP contribution in [0.5, 0.6) is 0 Å². The summed E-state index contributed by atoms with van der Waals surface area (Å²) in [7, 11) is -6.61. The average Bonchev–Trinajstić information content (AvgIpc) is 2.34. The lowest BCUT2D eigenvalue weighted by molar-refractivity contribution is 0.272. The van der Waals surface area contributed by atoms with Crippen LogP contribution in [0.2, 0.25) is 0 Å². The summed E-state index contributed by atoms with van der Waals surface area (Å²) in [6.45, 7) is 6.89. The summed E-state index contributed by atoms with van der Waals surface area (Å²) in [5.74, 6) is 0. The number of hydrogen-bond acceptors (Lipinski definition) is 5. The summed E-state index contributed by atoms with van der Waals surface area (Å²) in [6.07, 6.45) is 1.15. The molecule has 0 amide bonds. The van der Waals surface area contributed by atoms with Gasteiger partial charge in [-0.3, -0.25) is 0 Å². The lowest BCUT2D eigenvalue weighted by atomic mass is 10.3. The van der Waals surface area contributed by atoms with Crippen molar-refractivity contribution in [1.82, 2.24) is 13.9 Å². The molecule has 0 aliphatic carbocycles. The van der Waals surface area contributed by atoms with Gasteiger partial charge in [0.15, 0.2) is 0 Å². The minimum atomic E-state index is -3.38. The van der Waals surface area contributed by atoms with E-state index in [9.17, 15) is 16.8 Å². The van der Waals surface area contributed by atoms with Crippen molar-refractivity contribution >= 4 is 20.0 Å². The maximum Gasteiger partial charge on any atom is 0.218 e. The highest BCUT2D eigenvalue weighted by atomic mass is 32.2. The Hall–Kier alpha value is -0.220. The molecule has 0 aromatic rings. The summed E-state index contributed by atoms with van der Waals surface area (Å²) in [4.78, 5) is 0. The number of hydrogen-bond donors (Lipinski definition) is 1. The standard InChI is InChI=1S/C11H25N3O4S2/c1-10(2)12-9-11(3)20(17,18)14-7-5-13(6-8-14)19(4,15)16/h10-12H,5-9H2,1-4H3. The molecule has 1 aliphatic rings. The van der Waals surface area contributed by atoms with E-state index in [1.165, 1.54) is 8.61 Å². The fourth-order valence-corrected chi connectivity index (χ4v) is 4.33. The van der Waals surface area contributed by atoms with E-state index in [0.717, 1.165) is 6.26 Å². The summed E-state index contributed by atoms with van der Waals surface area (Å²) in [6, 6.07) is 0.231. The molecule has 1 heterocycles. The van der Waals surface area contributed by atoms with E-state index in [0.29, 0.717) is 6.54 Å². The Morgan fingerprint density at radius 3 is 1.80 bits per heavy atom. The Kier molecular flexibility index (Phi) is 5.97. The molecule has 7 nitrogen and oxygen atoms in total. The molecule has 0 aromatic carbocycles. The van der Waals surface area contributed by atoms with Crippen LogP contribution in [0.4, 0.5) is 0 Å². The first-order valence-electron chi connectivity index (χ1n) is 6.72. The molecule has 1 atom stereocenters. The van der Waals surface area contributed by atoms with Crippen LogP contribution < -0.4 is 5.32 Å². The van der Waals surface area contributed by atoms with Gasteiger partial charge in [-0.15, -0.1) is 0 Å². The van der Waals surface area contributed by atoms with Crippen molar-refractivity contribution in [3.05, 3.63) is 0 Å². The molecule has 1 rings (SSSR count). The quantitative estimate of drug-likeness (QED) is 0.696. The molecule has 1 fully saturated rings. The van der Waals surface area contributed by atoms with E-state index in [-0.39, 0.29) is 32.2 Å². The van der Waals surface area contributed by atoms with Crippen LogP contribution in [0, 0.1) is 0 Å². The van der Waals surface area contributed by atoms with E-state index in [1.807, 2.05) is 13.8 Å². The second-order valence-corrected chi connectivity index (χ2v) is 9.81. The molecule has 0 spiro atoms. The number of nitrogens with one attached hydrogen (secondary N) is 1. The van der Waals surface area contributed by atoms with Crippen molar-refractivity contribution in [1.29, 1.82) is 0 Å². The molecule has 20 heavy (non-hydrogen) atoms. The second kappa shape index (κ2) is 6.69. The van der Waals surface area contributed by atoms with Gasteiger partial charge in [0.2, 0.25) is 20.0 Å². The smallest absolute Gasteiger partial charge is 0.218 e. The summed E-state index contributed by atoms with van der Waals surface area (Å²) < 4.78 is 50.3. The SMILES string of the molecule is CC(C)NCC(C)S(=O)(=O)N1CCN(S(C)(=O)=O)CC1. The largest absolute Gasteiger partial charge is 0.313 e. The molecular formula is C11H25N3O4S2. The number of sulfonamides is 2. The van der Waals surface area contributed by atoms with Gasteiger partial charge in [0, 0.05) is 38.8 Å². The Balaban J connectivity index is 2.63. The summed E-state index contributed by atoms with van der Waals surface area (Å²) in [5.41, 5.74) is 0. The van der Waals surface area contributed by atoms with Crippen LogP contribution in [-0.4, -0.2) is 75.7 Å². The molecule has 1 unspecified atom stereocenters. The third kappa shape index (κ3) is 4.66. The molecule has 1 N–H and O–H groups in total. The fraction of sp³-hybridized carbons (Fsp3) is 1.00. The van der Waals surface area contributed by atoms with Gasteiger partial charge in [0.1, 0.15) is 0 Å². The first-order valence-corrected chi connectivity index (χ1v) is 10.1. The molecule has 0 bridgehead atoms. The van der Waals surface area contributed by atoms with Crippen molar-refractivity contribution in [2.45, 2.75) is 32.1 Å². The Labute approximate surface area is 122 Å². The average molecular weight is 327 g/mol. The third-order valence-corrected chi connectivity index (χ3v) is 6.92. The topological polar surface area (TPSA) is 86.8 Å². The van der Waals surface area contributed by atoms with Gasteiger partial charge in [-0.05, 0) is 6.92 Å². The Morgan fingerprint density at radius 1 is 0.950 bits per heavy atom. The first kappa shape index (κ1) is 17.8. The highest BCUT2D eigenvalue weighted by Gasteiger charge is 2.33. The van der Waals surface area contributed by atoms with Crippen LogP contribution in [0.15, 0.2) is 0 Å². The van der Waals surface area contributed by atoms with Crippen LogP contribution in [-0.2, 0) is 20.0 Å². The first-order chi connectivity index (χ1) is 9.05. The lowest BCUT2D eigenvalue weighted by Crippen LogP contribution is -2.53. The van der Waals surface area contributed by atoms with Crippen LogP contribution in [0.25, 0.3) is 0 Å². The van der Waals surface area contributed by atoms with Gasteiger partial charge in [-0.1, -0.05) is 13.8 Å². The fourth-order valence-electron chi connectivity index (χ4n) is 2.02. The number of rotatable bonds is 6. The Morgan fingerprint density at radius 2 is 1.40 bits per heavy atom. The van der Waals surface area contributed by atoms with Gasteiger partial charge in [0.25, 0.3) is 0 Å². The zero-order chi connectivity index (χ0) is 15.6. The van der Waals surface area contributed by atoms with Crippen molar-refractivity contribution in [3.63, 3.8) is 0 Å². The van der Waals surface area contributed by atoms with Crippen molar-refractivity contribution < 1.29 is 16.8 Å². The zero-order valence-corrected chi connectivity index (χ0v) is 14.2. The predicted molar refractivity (Wildman–Crippen MR) is 79.5 cm³/mol. The summed E-state index contributed by atoms with van der Waals surface area (Å²) >= 11 is 0. The van der Waals surface area contributed by atoms with Crippen LogP contribution >= 0.6 is 0 Å². The van der Waals surface area contributed by atoms with Gasteiger partial charge in [-0.25, -0.2) is 16.8 Å². The minimum Gasteiger partial charge on any atom is -0.313 e. The van der Waals surface area contributed by atoms with Gasteiger partial charge < -0.3 is 5.32 Å². The van der Waals surface area contributed by atoms with E-state index in [2.05, 4.69) is 5.32 Å². The molecule has 9 heteroatoms. The highest BCUT2D eigenvalue weighted by Crippen LogP contribution is 2.14. The normalized spacial score (nSPS) is 21.2. The predicted octanol–water partition coefficient (Wildman–Crippen LogP) is -0.720. The molecule has 0 saturated carbocycles. The number of nitrogens with zero attached hydrogens (tertiary/aromatic N) is 2. The maximum atomic E-state index is 12.4. The van der Waals surface area contributed by atoms with E-state index in [1.54, 1.807) is 6.92 Å². The van der Waals surface area contributed by atoms with Gasteiger partial charge in [-0.2, -0.15) is 8.61 Å². The van der Waals surface area contributed by atoms with Gasteiger partial charge in [0.05, 0.1) is 11.5 Å². The zero-order valence-electron chi connectivity index (χ0n) is 12.5. The molecule has 1 saturated heterocycles. The molecule has 0 aromatic heterocycles. The van der Waals surface area contributed by atoms with Crippen molar-refractivity contribution in [2.24, 2.45) is 0 Å². The van der Waals surface area contributed by atoms with Crippen LogP contribution in [0.3, 0.4) is 0 Å². The second-order valence-electron chi connectivity index (χ2n) is 5.48. The van der Waals surface area contributed by atoms with Crippen LogP contribution in [0.1, 0.15) is 20.8 Å². The highest BCUT2D eigenvalue weighted by molar-refractivity contribution is 7.89. The molecule has 0 radical (unpaired) electrons. The number of piperazine rings is 1. The molecular weight excluding hydrogens is 302 g/mol. The maximum absolute atomic E-state index is 12.4. The monoisotopic (exact) mass is 327 g/mol. The van der Waals surface area contributed by atoms with Crippen molar-refractivity contribution in [3.8, 4) is 0 Å². The van der Waals surface area contributed by atoms with Gasteiger partial charge >= 0.3 is 0 Å². The minimum absolute atomic E-state index is 0.224. The van der Waals surface area contributed by atoms with E-state index < -0.39 is 25.3 Å². The Bertz CT molecular complexity index is 508. The third-order valence-electron chi connectivity index (χ3n) is 3.35. The lowest BCUT2D eigenvalue weighted by Gasteiger charge is -2.34. The molecule has 1 aliphatic heterocycles. The van der Waals surface area contributed by atoms with E-state index in [4.69, 9.17) is 0 Å². The summed E-state index contributed by atoms with van der Waals surface area (Å²) in [5, 5.41) is 2.59.